The van der Waals surface area contributed by atoms with Gasteiger partial charge in [0.05, 0.1) is 13.2 Å². The average molecular weight is 330 g/mol. The summed E-state index contributed by atoms with van der Waals surface area (Å²) in [6.45, 7) is 6.17. The van der Waals surface area contributed by atoms with Crippen molar-refractivity contribution >= 4 is 22.5 Å². The second-order valence-electron chi connectivity index (χ2n) is 6.56. The summed E-state index contributed by atoms with van der Waals surface area (Å²) >= 11 is 0. The second kappa shape index (κ2) is 7.23. The van der Waals surface area contributed by atoms with Crippen LogP contribution in [0.4, 0.5) is 5.69 Å². The highest BCUT2D eigenvalue weighted by Crippen LogP contribution is 2.21. The zero-order valence-corrected chi connectivity index (χ0v) is 14.6. The number of carbonyl (C=O) groups excluding carboxylic acids is 1. The molecular weight excluding hydrogens is 304 g/mol. The summed E-state index contributed by atoms with van der Waals surface area (Å²) in [5.41, 5.74) is 2.69. The number of aromatic amines is 1. The minimum Gasteiger partial charge on any atom is -0.379 e. The maximum Gasteiger partial charge on any atom is 0.267 e. The highest BCUT2D eigenvalue weighted by Gasteiger charge is 2.18. The molecule has 0 bridgehead atoms. The van der Waals surface area contributed by atoms with E-state index in [9.17, 15) is 4.79 Å². The molecule has 1 aliphatic heterocycles. The largest absolute Gasteiger partial charge is 0.379 e. The second-order valence-corrected chi connectivity index (χ2v) is 6.56. The van der Waals surface area contributed by atoms with Crippen LogP contribution in [-0.2, 0) is 4.74 Å². The fourth-order valence-electron chi connectivity index (χ4n) is 3.00. The van der Waals surface area contributed by atoms with E-state index in [0.717, 1.165) is 42.9 Å². The molecule has 2 heterocycles. The molecule has 6 heteroatoms. The summed E-state index contributed by atoms with van der Waals surface area (Å²) in [6.07, 6.45) is 0. The van der Waals surface area contributed by atoms with Gasteiger partial charge in [0.1, 0.15) is 5.69 Å². The lowest BCUT2D eigenvalue weighted by Gasteiger charge is -2.32. The van der Waals surface area contributed by atoms with Crippen molar-refractivity contribution < 1.29 is 9.53 Å². The van der Waals surface area contributed by atoms with Crippen molar-refractivity contribution in [2.75, 3.05) is 51.8 Å². The summed E-state index contributed by atoms with van der Waals surface area (Å²) < 4.78 is 5.37. The van der Waals surface area contributed by atoms with Crippen LogP contribution in [0.15, 0.2) is 24.3 Å². The predicted molar refractivity (Wildman–Crippen MR) is 96.8 cm³/mol. The Balaban J connectivity index is 1.63. The lowest BCUT2D eigenvalue weighted by Crippen LogP contribution is -2.47. The van der Waals surface area contributed by atoms with Crippen LogP contribution >= 0.6 is 0 Å². The minimum atomic E-state index is -0.0577. The van der Waals surface area contributed by atoms with Crippen LogP contribution < -0.4 is 10.2 Å². The molecule has 0 saturated carbocycles. The Morgan fingerprint density at radius 2 is 2.08 bits per heavy atom. The van der Waals surface area contributed by atoms with Crippen molar-refractivity contribution in [3.8, 4) is 0 Å². The number of benzene rings is 1. The predicted octanol–water partition coefficient (Wildman–Crippen LogP) is 1.68. The molecule has 2 N–H and O–H groups in total. The zero-order valence-electron chi connectivity index (χ0n) is 14.6. The van der Waals surface area contributed by atoms with Crippen LogP contribution in [0.2, 0.25) is 0 Å². The molecule has 1 aromatic carbocycles. The summed E-state index contributed by atoms with van der Waals surface area (Å²) in [7, 11) is 4.01. The molecule has 1 atom stereocenters. The molecule has 1 fully saturated rings. The van der Waals surface area contributed by atoms with Crippen molar-refractivity contribution in [1.82, 2.24) is 15.2 Å². The summed E-state index contributed by atoms with van der Waals surface area (Å²) in [5.74, 6) is -0.0577. The number of fused-ring (bicyclic) bond motifs is 1. The van der Waals surface area contributed by atoms with Gasteiger partial charge in [-0.15, -0.1) is 0 Å². The van der Waals surface area contributed by atoms with E-state index < -0.39 is 0 Å². The topological polar surface area (TPSA) is 60.6 Å². The van der Waals surface area contributed by atoms with Crippen molar-refractivity contribution in [2.24, 2.45) is 0 Å². The van der Waals surface area contributed by atoms with E-state index in [1.54, 1.807) is 0 Å². The highest BCUT2D eigenvalue weighted by molar-refractivity contribution is 5.98. The lowest BCUT2D eigenvalue weighted by atomic mass is 10.2. The molecule has 1 aromatic heterocycles. The maximum absolute atomic E-state index is 12.4. The van der Waals surface area contributed by atoms with E-state index in [2.05, 4.69) is 34.3 Å². The Kier molecular flexibility index (Phi) is 5.06. The van der Waals surface area contributed by atoms with Gasteiger partial charge >= 0.3 is 0 Å². The molecule has 2 aromatic rings. The molecule has 0 unspecified atom stereocenters. The van der Waals surface area contributed by atoms with E-state index >= 15 is 0 Å². The molecule has 0 radical (unpaired) electrons. The number of amides is 1. The van der Waals surface area contributed by atoms with Crippen LogP contribution in [0, 0.1) is 0 Å². The van der Waals surface area contributed by atoms with Crippen molar-refractivity contribution in [3.05, 3.63) is 30.0 Å². The first-order valence-corrected chi connectivity index (χ1v) is 8.44. The number of carbonyl (C=O) groups is 1. The molecule has 3 rings (SSSR count). The number of morpholine rings is 1. The van der Waals surface area contributed by atoms with Crippen LogP contribution in [-0.4, -0.2) is 68.8 Å². The quantitative estimate of drug-likeness (QED) is 0.876. The van der Waals surface area contributed by atoms with Gasteiger partial charge in [0, 0.05) is 56.4 Å². The first-order valence-electron chi connectivity index (χ1n) is 8.44. The number of hydrogen-bond acceptors (Lipinski definition) is 4. The normalized spacial score (nSPS) is 17.0. The molecule has 0 aliphatic carbocycles. The van der Waals surface area contributed by atoms with Gasteiger partial charge in [-0.2, -0.15) is 0 Å². The Morgan fingerprint density at radius 1 is 1.33 bits per heavy atom. The van der Waals surface area contributed by atoms with Gasteiger partial charge in [0.25, 0.3) is 5.91 Å². The van der Waals surface area contributed by atoms with Gasteiger partial charge in [-0.3, -0.25) is 9.69 Å². The first-order chi connectivity index (χ1) is 11.5. The summed E-state index contributed by atoms with van der Waals surface area (Å²) in [4.78, 5) is 20.0. The zero-order chi connectivity index (χ0) is 17.1. The fourth-order valence-corrected chi connectivity index (χ4v) is 3.00. The molecule has 1 amide bonds. The first kappa shape index (κ1) is 16.8. The van der Waals surface area contributed by atoms with Gasteiger partial charge in [-0.25, -0.2) is 0 Å². The minimum absolute atomic E-state index is 0.0577. The number of anilines is 1. The van der Waals surface area contributed by atoms with Crippen molar-refractivity contribution in [3.63, 3.8) is 0 Å². The van der Waals surface area contributed by atoms with Gasteiger partial charge < -0.3 is 19.9 Å². The monoisotopic (exact) mass is 330 g/mol. The Hall–Kier alpha value is -2.05. The number of nitrogens with one attached hydrogen (secondary N) is 2. The molecule has 6 nitrogen and oxygen atoms in total. The Labute approximate surface area is 142 Å². The van der Waals surface area contributed by atoms with Gasteiger partial charge in [0.15, 0.2) is 0 Å². The average Bonchev–Trinajstić information content (AvgIpc) is 3.03. The van der Waals surface area contributed by atoms with E-state index in [0.29, 0.717) is 18.3 Å². The smallest absolute Gasteiger partial charge is 0.267 e. The Morgan fingerprint density at radius 3 is 2.79 bits per heavy atom. The number of ether oxygens (including phenoxy) is 1. The molecule has 1 saturated heterocycles. The van der Waals surface area contributed by atoms with Crippen molar-refractivity contribution in [1.29, 1.82) is 0 Å². The third-order valence-electron chi connectivity index (χ3n) is 4.59. The molecular formula is C18H26N4O2. The molecule has 130 valence electrons. The maximum atomic E-state index is 12.4. The van der Waals surface area contributed by atoms with Crippen LogP contribution in [0.5, 0.6) is 0 Å². The summed E-state index contributed by atoms with van der Waals surface area (Å²) in [6, 6.07) is 8.36. The third kappa shape index (κ3) is 3.71. The van der Waals surface area contributed by atoms with Gasteiger partial charge in [0.2, 0.25) is 0 Å². The van der Waals surface area contributed by atoms with Gasteiger partial charge in [-0.1, -0.05) is 6.07 Å². The van der Waals surface area contributed by atoms with Crippen LogP contribution in [0.25, 0.3) is 10.9 Å². The van der Waals surface area contributed by atoms with E-state index in [1.807, 2.05) is 31.1 Å². The molecule has 1 aliphatic rings. The number of hydrogen-bond donors (Lipinski definition) is 2. The number of rotatable bonds is 5. The number of H-pyrrole nitrogens is 1. The molecule has 0 spiro atoms. The fraction of sp³-hybridized carbons (Fsp3) is 0.500. The summed E-state index contributed by atoms with van der Waals surface area (Å²) in [5, 5.41) is 4.08. The standard InChI is InChI=1S/C18H26N4O2/c1-13(22-6-8-24-9-7-22)12-19-18(23)17-10-14-4-5-15(21(2)3)11-16(14)20-17/h4-5,10-11,13,20H,6-9,12H2,1-3H3,(H,19,23)/t13-/m1/s1. The SMILES string of the molecule is C[C@H](CNC(=O)c1cc2ccc(N(C)C)cc2[nH]1)N1CCOCC1. The van der Waals surface area contributed by atoms with Gasteiger partial charge in [-0.05, 0) is 25.1 Å². The highest BCUT2D eigenvalue weighted by atomic mass is 16.5. The number of nitrogens with zero attached hydrogens (tertiary/aromatic N) is 2. The van der Waals surface area contributed by atoms with Crippen molar-refractivity contribution in [2.45, 2.75) is 13.0 Å². The lowest BCUT2D eigenvalue weighted by molar-refractivity contribution is 0.0204. The van der Waals surface area contributed by atoms with E-state index in [1.165, 1.54) is 0 Å². The molecule has 24 heavy (non-hydrogen) atoms. The third-order valence-corrected chi connectivity index (χ3v) is 4.59. The Bertz CT molecular complexity index is 704. The van der Waals surface area contributed by atoms with E-state index in [4.69, 9.17) is 4.74 Å². The van der Waals surface area contributed by atoms with E-state index in [-0.39, 0.29) is 5.91 Å². The van der Waals surface area contributed by atoms with Crippen LogP contribution in [0.1, 0.15) is 17.4 Å². The number of aromatic nitrogens is 1. The van der Waals surface area contributed by atoms with Crippen LogP contribution in [0.3, 0.4) is 0 Å².